The minimum Gasteiger partial charge on any atom is -0.674 e. The number of hydrogen-bond donors (Lipinski definition) is 1. The predicted molar refractivity (Wildman–Crippen MR) is 110 cm³/mol. The molecule has 0 aliphatic rings. The van der Waals surface area contributed by atoms with Crippen molar-refractivity contribution in [2.24, 2.45) is 0 Å². The maximum Gasteiger partial charge on any atom is 0.433 e. The second-order valence-electron chi connectivity index (χ2n) is 6.30. The molecular weight excluding hydrogens is 433 g/mol. The van der Waals surface area contributed by atoms with E-state index in [2.05, 4.69) is 10.1 Å². The molecule has 4 aromatic rings. The monoisotopic (exact) mass is 447 g/mol. The van der Waals surface area contributed by atoms with Gasteiger partial charge in [0.2, 0.25) is 0 Å². The molecule has 0 amide bonds. The fraction of sp³-hybridized carbons (Fsp3) is 0.0952. The zero-order valence-corrected chi connectivity index (χ0v) is 16.5. The summed E-state index contributed by atoms with van der Waals surface area (Å²) in [5, 5.41) is 13.1. The summed E-state index contributed by atoms with van der Waals surface area (Å²) < 4.78 is 40.1. The highest BCUT2D eigenvalue weighted by Crippen LogP contribution is 2.32. The minimum absolute atomic E-state index is 0.0947. The highest BCUT2D eigenvalue weighted by atomic mass is 35.5. The lowest BCUT2D eigenvalue weighted by atomic mass is 10.1. The highest BCUT2D eigenvalue weighted by molar-refractivity contribution is 6.30. The van der Waals surface area contributed by atoms with Crippen molar-refractivity contribution in [1.29, 1.82) is 0 Å². The topological polar surface area (TPSA) is 91.3 Å². The van der Waals surface area contributed by atoms with Crippen LogP contribution >= 0.6 is 11.6 Å². The van der Waals surface area contributed by atoms with Crippen LogP contribution in [0.4, 0.5) is 13.2 Å². The molecular formula is C21H15ClF3N4O2-. The number of halogens is 4. The van der Waals surface area contributed by atoms with Crippen LogP contribution < -0.4 is 0 Å². The zero-order valence-electron chi connectivity index (χ0n) is 15.8. The van der Waals surface area contributed by atoms with Gasteiger partial charge in [0.05, 0.1) is 5.69 Å². The number of carboxylic acids is 1. The molecule has 0 spiro atoms. The first-order chi connectivity index (χ1) is 14.7. The number of benzene rings is 2. The molecule has 2 N–H and O–H groups in total. The summed E-state index contributed by atoms with van der Waals surface area (Å²) in [5.74, 6) is -1.42. The quantitative estimate of drug-likeness (QED) is 0.416. The molecule has 0 aliphatic carbocycles. The van der Waals surface area contributed by atoms with E-state index in [1.165, 1.54) is 0 Å². The summed E-state index contributed by atoms with van der Waals surface area (Å²) >= 11 is 5.61. The molecule has 0 saturated heterocycles. The van der Waals surface area contributed by atoms with Gasteiger partial charge in [0.15, 0.2) is 17.0 Å². The molecule has 0 aliphatic heterocycles. The molecule has 160 valence electrons. The molecule has 6 nitrogen and oxygen atoms in total. The first kappa shape index (κ1) is 22.3. The fourth-order valence-electron chi connectivity index (χ4n) is 2.64. The van der Waals surface area contributed by atoms with Crippen LogP contribution in [0.15, 0.2) is 66.7 Å². The summed E-state index contributed by atoms with van der Waals surface area (Å²) in [5.41, 5.74) is 6.81. The molecule has 0 fully saturated rings. The second kappa shape index (κ2) is 9.15. The van der Waals surface area contributed by atoms with E-state index >= 15 is 0 Å². The predicted octanol–water partition coefficient (Wildman–Crippen LogP) is 6.01. The number of hydrogen-bond acceptors (Lipinski definition) is 3. The zero-order chi connectivity index (χ0) is 22.6. The van der Waals surface area contributed by atoms with Crippen LogP contribution in [-0.4, -0.2) is 25.7 Å². The number of fused-ring (bicyclic) bond motifs is 1. The molecule has 0 radical (unpaired) electrons. The van der Waals surface area contributed by atoms with E-state index in [0.29, 0.717) is 16.6 Å². The first-order valence-corrected chi connectivity index (χ1v) is 9.22. The number of carbonyl (C=O) groups is 1. The summed E-state index contributed by atoms with van der Waals surface area (Å²) in [6, 6.07) is 17.5. The average Bonchev–Trinajstić information content (AvgIpc) is 3.18. The Morgan fingerprint density at radius 2 is 1.71 bits per heavy atom. The van der Waals surface area contributed by atoms with Crippen molar-refractivity contribution in [3.05, 3.63) is 94.4 Å². The molecule has 31 heavy (non-hydrogen) atoms. The lowest BCUT2D eigenvalue weighted by Gasteiger charge is -2.10. The number of carboxylic acid groups (broad SMARTS) is 1. The fourth-order valence-corrected chi connectivity index (χ4v) is 2.77. The van der Waals surface area contributed by atoms with Gasteiger partial charge >= 0.3 is 12.1 Å². The van der Waals surface area contributed by atoms with E-state index in [1.807, 2.05) is 12.1 Å². The molecule has 2 aromatic heterocycles. The van der Waals surface area contributed by atoms with E-state index in [9.17, 15) is 18.0 Å². The average molecular weight is 448 g/mol. The van der Waals surface area contributed by atoms with E-state index < -0.39 is 23.5 Å². The number of aromatic nitrogens is 3. The standard InChI is InChI=1S/C14H8F3N3O2.C7H7ClN/c15-14(16,17)11-6-9(8-4-2-1-3-5-8)18-12-7-10(13(21)22)19-20(11)12;8-7-3-1-6(5-9)2-4-7/h1-7H,(H,21,22);1-4,9H,5H2/q;-1. The molecule has 2 heterocycles. The number of nitrogens with one attached hydrogen (secondary N) is 1. The van der Waals surface area contributed by atoms with Crippen molar-refractivity contribution in [2.75, 3.05) is 0 Å². The third kappa shape index (κ3) is 5.39. The number of rotatable bonds is 3. The van der Waals surface area contributed by atoms with Crippen molar-refractivity contribution >= 4 is 23.2 Å². The smallest absolute Gasteiger partial charge is 0.433 e. The van der Waals surface area contributed by atoms with Gasteiger partial charge in [-0.25, -0.2) is 14.3 Å². The van der Waals surface area contributed by atoms with E-state index in [1.54, 1.807) is 42.5 Å². The highest BCUT2D eigenvalue weighted by Gasteiger charge is 2.35. The second-order valence-corrected chi connectivity index (χ2v) is 6.73. The van der Waals surface area contributed by atoms with Gasteiger partial charge in [0.25, 0.3) is 0 Å². The number of alkyl halides is 3. The summed E-state index contributed by atoms with van der Waals surface area (Å²) in [6.45, 7) is 0.331. The van der Waals surface area contributed by atoms with Gasteiger partial charge in [-0.15, -0.1) is 6.54 Å². The molecule has 0 saturated carbocycles. The van der Waals surface area contributed by atoms with Crippen LogP contribution in [0, 0.1) is 0 Å². The summed E-state index contributed by atoms with van der Waals surface area (Å²) in [4.78, 5) is 15.0. The SMILES string of the molecule is O=C(O)c1cc2nc(-c3ccccc3)cc(C(F)(F)F)n2n1.[NH-]Cc1ccc(Cl)cc1. The molecule has 2 aromatic carbocycles. The van der Waals surface area contributed by atoms with Crippen LogP contribution in [0.1, 0.15) is 21.7 Å². The Hall–Kier alpha value is -3.43. The summed E-state index contributed by atoms with van der Waals surface area (Å²) in [7, 11) is 0. The number of aromatic carboxylic acids is 1. The van der Waals surface area contributed by atoms with Crippen molar-refractivity contribution < 1.29 is 23.1 Å². The van der Waals surface area contributed by atoms with Crippen LogP contribution in [-0.2, 0) is 12.7 Å². The van der Waals surface area contributed by atoms with Crippen LogP contribution in [0.3, 0.4) is 0 Å². The first-order valence-electron chi connectivity index (χ1n) is 8.85. The number of nitrogens with zero attached hydrogens (tertiary/aromatic N) is 3. The Morgan fingerprint density at radius 1 is 1.06 bits per heavy atom. The third-order valence-electron chi connectivity index (χ3n) is 4.12. The van der Waals surface area contributed by atoms with Crippen molar-refractivity contribution in [1.82, 2.24) is 14.6 Å². The Labute approximate surface area is 179 Å². The van der Waals surface area contributed by atoms with E-state index in [0.717, 1.165) is 22.7 Å². The van der Waals surface area contributed by atoms with Crippen molar-refractivity contribution in [2.45, 2.75) is 12.7 Å². The van der Waals surface area contributed by atoms with Crippen LogP contribution in [0.2, 0.25) is 5.02 Å². The van der Waals surface area contributed by atoms with E-state index in [4.69, 9.17) is 22.4 Å². The lowest BCUT2D eigenvalue weighted by molar-refractivity contribution is -0.142. The molecule has 10 heteroatoms. The Kier molecular flexibility index (Phi) is 6.57. The van der Waals surface area contributed by atoms with Crippen molar-refractivity contribution in [3.8, 4) is 11.3 Å². The molecule has 0 bridgehead atoms. The largest absolute Gasteiger partial charge is 0.674 e. The van der Waals surface area contributed by atoms with E-state index in [-0.39, 0.29) is 11.3 Å². The maximum atomic E-state index is 13.2. The van der Waals surface area contributed by atoms with Crippen LogP contribution in [0.5, 0.6) is 0 Å². The molecule has 0 atom stereocenters. The van der Waals surface area contributed by atoms with Gasteiger partial charge in [0, 0.05) is 16.7 Å². The summed E-state index contributed by atoms with van der Waals surface area (Å²) in [6.07, 6.45) is -4.69. The molecule has 4 rings (SSSR count). The Bertz CT molecular complexity index is 1190. The maximum absolute atomic E-state index is 13.2. The van der Waals surface area contributed by atoms with Gasteiger partial charge in [-0.3, -0.25) is 0 Å². The van der Waals surface area contributed by atoms with Gasteiger partial charge in [-0.2, -0.15) is 18.3 Å². The van der Waals surface area contributed by atoms with Gasteiger partial charge < -0.3 is 10.8 Å². The Morgan fingerprint density at radius 3 is 2.26 bits per heavy atom. The third-order valence-corrected chi connectivity index (χ3v) is 4.38. The molecule has 0 unspecified atom stereocenters. The minimum atomic E-state index is -4.69. The lowest BCUT2D eigenvalue weighted by Crippen LogP contribution is -2.14. The van der Waals surface area contributed by atoms with Gasteiger partial charge in [-0.05, 0) is 18.2 Å². The van der Waals surface area contributed by atoms with Crippen LogP contribution in [0.25, 0.3) is 22.6 Å². The normalized spacial score (nSPS) is 11.1. The van der Waals surface area contributed by atoms with Gasteiger partial charge in [0.1, 0.15) is 0 Å². The van der Waals surface area contributed by atoms with Crippen molar-refractivity contribution in [3.63, 3.8) is 0 Å². The van der Waals surface area contributed by atoms with Gasteiger partial charge in [-0.1, -0.05) is 59.6 Å². The Balaban J connectivity index is 0.000000254.